The maximum Gasteiger partial charge on any atom is 0.330 e. The molecule has 0 aliphatic carbocycles. The third kappa shape index (κ3) is 5.17. The van der Waals surface area contributed by atoms with Crippen LogP contribution in [0.15, 0.2) is 12.2 Å². The molecule has 0 aromatic rings. The van der Waals surface area contributed by atoms with Crippen molar-refractivity contribution >= 4 is 14.3 Å². The minimum atomic E-state index is -1.83. The normalized spacial score (nSPS) is 22.6. The highest BCUT2D eigenvalue weighted by atomic mass is 28.4. The average Bonchev–Trinajstić information content (AvgIpc) is 3.24. The van der Waals surface area contributed by atoms with Crippen molar-refractivity contribution in [2.24, 2.45) is 5.92 Å². The second kappa shape index (κ2) is 9.16. The largest absolute Gasteiger partial charge is 0.463 e. The van der Waals surface area contributed by atoms with Crippen molar-refractivity contribution < 1.29 is 18.7 Å². The number of carbonyl (C=O) groups excluding carboxylic acids is 1. The van der Waals surface area contributed by atoms with Crippen LogP contribution in [0.25, 0.3) is 0 Å². The molecule has 1 saturated heterocycles. The van der Waals surface area contributed by atoms with Gasteiger partial charge in [-0.25, -0.2) is 4.79 Å². The first-order chi connectivity index (χ1) is 11.2. The van der Waals surface area contributed by atoms with Crippen molar-refractivity contribution in [3.8, 4) is 0 Å². The first kappa shape index (κ1) is 21.4. The van der Waals surface area contributed by atoms with Crippen LogP contribution < -0.4 is 0 Å². The van der Waals surface area contributed by atoms with Gasteiger partial charge < -0.3 is 13.9 Å². The van der Waals surface area contributed by atoms with Gasteiger partial charge in [0.1, 0.15) is 6.10 Å². The SMILES string of the molecule is CCOC(=O)/C=C/[C@@H]1O[C@@H]1[C@H](C)CO[Si](C(C)C)(C(C)C)C(C)C. The third-order valence-electron chi connectivity index (χ3n) is 5.13. The maximum atomic E-state index is 11.4. The molecule has 1 fully saturated rings. The molecule has 4 nitrogen and oxygen atoms in total. The molecule has 24 heavy (non-hydrogen) atoms. The van der Waals surface area contributed by atoms with Gasteiger partial charge >= 0.3 is 5.97 Å². The Morgan fingerprint density at radius 2 is 1.62 bits per heavy atom. The Balaban J connectivity index is 2.57. The lowest BCUT2D eigenvalue weighted by Crippen LogP contribution is -2.48. The summed E-state index contributed by atoms with van der Waals surface area (Å²) in [7, 11) is -1.83. The molecule has 1 aliphatic rings. The van der Waals surface area contributed by atoms with Crippen LogP contribution in [-0.4, -0.2) is 39.7 Å². The summed E-state index contributed by atoms with van der Waals surface area (Å²) >= 11 is 0. The highest BCUT2D eigenvalue weighted by Gasteiger charge is 2.47. The van der Waals surface area contributed by atoms with Crippen LogP contribution in [0.4, 0.5) is 0 Å². The third-order valence-corrected chi connectivity index (χ3v) is 11.2. The van der Waals surface area contributed by atoms with Crippen molar-refractivity contribution in [2.75, 3.05) is 13.2 Å². The van der Waals surface area contributed by atoms with Gasteiger partial charge in [-0.1, -0.05) is 48.5 Å². The Kier molecular flexibility index (Phi) is 8.16. The van der Waals surface area contributed by atoms with E-state index in [0.717, 1.165) is 6.61 Å². The fourth-order valence-electron chi connectivity index (χ4n) is 3.98. The Bertz CT molecular complexity index is 409. The Morgan fingerprint density at radius 1 is 1.08 bits per heavy atom. The number of esters is 1. The number of epoxide rings is 1. The van der Waals surface area contributed by atoms with Crippen LogP contribution in [0, 0.1) is 5.92 Å². The molecule has 0 aromatic carbocycles. The minimum Gasteiger partial charge on any atom is -0.463 e. The number of carbonyl (C=O) groups is 1. The standard InChI is InChI=1S/C19H36O4Si/c1-9-21-18(20)11-10-17-19(23-17)16(8)12-22-24(13(2)3,14(4)5)15(6)7/h10-11,13-17,19H,9,12H2,1-8H3/b11-10+/t16-,17+,19-/m1/s1. The minimum absolute atomic E-state index is 0.0150. The van der Waals surface area contributed by atoms with Crippen molar-refractivity contribution in [1.82, 2.24) is 0 Å². The summed E-state index contributed by atoms with van der Waals surface area (Å²) in [6.07, 6.45) is 3.43. The quantitative estimate of drug-likeness (QED) is 0.246. The lowest BCUT2D eigenvalue weighted by molar-refractivity contribution is -0.137. The monoisotopic (exact) mass is 356 g/mol. The van der Waals surface area contributed by atoms with E-state index in [4.69, 9.17) is 13.9 Å². The van der Waals surface area contributed by atoms with E-state index in [2.05, 4.69) is 48.5 Å². The topological polar surface area (TPSA) is 48.1 Å². The molecule has 1 aliphatic heterocycles. The highest BCUT2D eigenvalue weighted by molar-refractivity contribution is 6.77. The van der Waals surface area contributed by atoms with Gasteiger partial charge in [0.2, 0.25) is 0 Å². The number of ether oxygens (including phenoxy) is 2. The summed E-state index contributed by atoms with van der Waals surface area (Å²) in [6.45, 7) is 18.9. The van der Waals surface area contributed by atoms with Gasteiger partial charge in [0.25, 0.3) is 0 Å². The molecule has 0 aromatic heterocycles. The smallest absolute Gasteiger partial charge is 0.330 e. The van der Waals surface area contributed by atoms with Gasteiger partial charge in [0.15, 0.2) is 8.32 Å². The summed E-state index contributed by atoms with van der Waals surface area (Å²) in [5, 5.41) is 0. The van der Waals surface area contributed by atoms with E-state index < -0.39 is 8.32 Å². The molecule has 0 radical (unpaired) electrons. The molecular formula is C19H36O4Si. The zero-order chi connectivity index (χ0) is 18.5. The Hall–Kier alpha value is -0.653. The van der Waals surface area contributed by atoms with E-state index >= 15 is 0 Å². The van der Waals surface area contributed by atoms with E-state index in [0.29, 0.717) is 29.1 Å². The van der Waals surface area contributed by atoms with Crippen LogP contribution in [0.1, 0.15) is 55.4 Å². The van der Waals surface area contributed by atoms with Gasteiger partial charge in [-0.2, -0.15) is 0 Å². The second-order valence-corrected chi connectivity index (χ2v) is 13.2. The van der Waals surface area contributed by atoms with Crippen LogP contribution in [-0.2, 0) is 18.7 Å². The van der Waals surface area contributed by atoms with Gasteiger partial charge in [0.05, 0.1) is 12.7 Å². The zero-order valence-corrected chi connectivity index (χ0v) is 17.7. The molecule has 0 saturated carbocycles. The van der Waals surface area contributed by atoms with Crippen molar-refractivity contribution in [1.29, 1.82) is 0 Å². The average molecular weight is 357 g/mol. The summed E-state index contributed by atoms with van der Waals surface area (Å²) in [5.41, 5.74) is 1.76. The van der Waals surface area contributed by atoms with Crippen LogP contribution >= 0.6 is 0 Å². The number of rotatable bonds is 10. The van der Waals surface area contributed by atoms with E-state index in [9.17, 15) is 4.79 Å². The predicted molar refractivity (Wildman–Crippen MR) is 101 cm³/mol. The molecule has 0 bridgehead atoms. The van der Waals surface area contributed by atoms with Crippen LogP contribution in [0.2, 0.25) is 16.6 Å². The van der Waals surface area contributed by atoms with Crippen LogP contribution in [0.5, 0.6) is 0 Å². The van der Waals surface area contributed by atoms with E-state index in [-0.39, 0.29) is 18.2 Å². The molecular weight excluding hydrogens is 320 g/mol. The molecule has 0 amide bonds. The predicted octanol–water partition coefficient (Wildman–Crippen LogP) is 4.70. The van der Waals surface area contributed by atoms with E-state index in [1.165, 1.54) is 6.08 Å². The number of hydrogen-bond donors (Lipinski definition) is 0. The summed E-state index contributed by atoms with van der Waals surface area (Å²) in [5.74, 6) is 0.0199. The lowest BCUT2D eigenvalue weighted by Gasteiger charge is -2.42. The Morgan fingerprint density at radius 3 is 2.08 bits per heavy atom. The molecule has 0 spiro atoms. The first-order valence-electron chi connectivity index (χ1n) is 9.31. The molecule has 0 N–H and O–H groups in total. The van der Waals surface area contributed by atoms with Crippen LogP contribution in [0.3, 0.4) is 0 Å². The van der Waals surface area contributed by atoms with Crippen molar-refractivity contribution in [3.05, 3.63) is 12.2 Å². The fourth-order valence-corrected chi connectivity index (χ4v) is 9.53. The summed E-state index contributed by atoms with van der Waals surface area (Å²) < 4.78 is 17.2. The molecule has 3 atom stereocenters. The molecule has 1 rings (SSSR count). The fraction of sp³-hybridized carbons (Fsp3) is 0.842. The summed E-state index contributed by atoms with van der Waals surface area (Å²) in [6, 6.07) is 0. The van der Waals surface area contributed by atoms with Gasteiger partial charge in [-0.15, -0.1) is 0 Å². The lowest BCUT2D eigenvalue weighted by atomic mass is 10.1. The highest BCUT2D eigenvalue weighted by Crippen LogP contribution is 2.43. The zero-order valence-electron chi connectivity index (χ0n) is 16.7. The van der Waals surface area contributed by atoms with E-state index in [1.807, 2.05) is 0 Å². The number of hydrogen-bond acceptors (Lipinski definition) is 4. The van der Waals surface area contributed by atoms with Gasteiger partial charge in [-0.05, 0) is 29.6 Å². The second-order valence-electron chi connectivity index (χ2n) is 7.78. The summed E-state index contributed by atoms with van der Waals surface area (Å²) in [4.78, 5) is 11.4. The molecule has 5 heteroatoms. The molecule has 140 valence electrons. The first-order valence-corrected chi connectivity index (χ1v) is 11.4. The van der Waals surface area contributed by atoms with Gasteiger partial charge in [0, 0.05) is 18.6 Å². The van der Waals surface area contributed by atoms with Gasteiger partial charge in [-0.3, -0.25) is 0 Å². The molecule has 1 heterocycles. The Labute approximate surface area is 149 Å². The van der Waals surface area contributed by atoms with E-state index in [1.54, 1.807) is 13.0 Å². The van der Waals surface area contributed by atoms with Crippen molar-refractivity contribution in [3.63, 3.8) is 0 Å². The molecule has 0 unspecified atom stereocenters. The maximum absolute atomic E-state index is 11.4. The van der Waals surface area contributed by atoms with Crippen molar-refractivity contribution in [2.45, 2.75) is 84.2 Å².